The maximum Gasteiger partial charge on any atom is 0.123 e. The number of halogens is 1. The van der Waals surface area contributed by atoms with Crippen LogP contribution in [-0.2, 0) is 6.42 Å². The standard InChI is InChI=1S/C16H15FOS/c1-10-8-12(17)6-7-13(10)16(18)15-9-11-4-2-3-5-14(11)19-15/h2-8,15-16,18H,9H2,1H3. The Labute approximate surface area is 116 Å². The number of aliphatic hydroxyl groups excluding tert-OH is 1. The second kappa shape index (κ2) is 4.99. The molecule has 0 spiro atoms. The van der Waals surface area contributed by atoms with Crippen LogP contribution in [0.4, 0.5) is 4.39 Å². The van der Waals surface area contributed by atoms with Crippen molar-refractivity contribution in [2.75, 3.05) is 0 Å². The van der Waals surface area contributed by atoms with Gasteiger partial charge in [-0.2, -0.15) is 0 Å². The summed E-state index contributed by atoms with van der Waals surface area (Å²) in [6, 6.07) is 12.8. The number of hydrogen-bond acceptors (Lipinski definition) is 2. The molecule has 1 N–H and O–H groups in total. The summed E-state index contributed by atoms with van der Waals surface area (Å²) in [5, 5.41) is 10.6. The maximum atomic E-state index is 13.1. The van der Waals surface area contributed by atoms with E-state index >= 15 is 0 Å². The van der Waals surface area contributed by atoms with E-state index in [1.165, 1.54) is 22.6 Å². The first-order chi connectivity index (χ1) is 9.15. The minimum Gasteiger partial charge on any atom is -0.387 e. The average Bonchev–Trinajstić information content (AvgIpc) is 2.81. The number of fused-ring (bicyclic) bond motifs is 1. The monoisotopic (exact) mass is 274 g/mol. The lowest BCUT2D eigenvalue weighted by Gasteiger charge is -2.19. The highest BCUT2D eigenvalue weighted by atomic mass is 32.2. The van der Waals surface area contributed by atoms with E-state index in [2.05, 4.69) is 12.1 Å². The lowest BCUT2D eigenvalue weighted by atomic mass is 9.97. The molecule has 0 saturated carbocycles. The van der Waals surface area contributed by atoms with Crippen molar-refractivity contribution in [1.82, 2.24) is 0 Å². The van der Waals surface area contributed by atoms with Gasteiger partial charge in [0.15, 0.2) is 0 Å². The third kappa shape index (κ3) is 2.40. The Hall–Kier alpha value is -1.32. The molecular weight excluding hydrogens is 259 g/mol. The van der Waals surface area contributed by atoms with E-state index < -0.39 is 6.10 Å². The molecule has 2 unspecified atom stereocenters. The minimum absolute atomic E-state index is 0.113. The third-order valence-electron chi connectivity index (χ3n) is 3.57. The zero-order chi connectivity index (χ0) is 13.4. The normalized spacial score (nSPS) is 19.2. The highest BCUT2D eigenvalue weighted by Gasteiger charge is 2.29. The summed E-state index contributed by atoms with van der Waals surface area (Å²) >= 11 is 1.71. The molecule has 0 radical (unpaired) electrons. The summed E-state index contributed by atoms with van der Waals surface area (Å²) in [6.45, 7) is 1.84. The van der Waals surface area contributed by atoms with Gasteiger partial charge in [-0.3, -0.25) is 0 Å². The molecule has 2 aromatic carbocycles. The van der Waals surface area contributed by atoms with Crippen molar-refractivity contribution in [2.45, 2.75) is 29.6 Å². The Balaban J connectivity index is 1.85. The van der Waals surface area contributed by atoms with Gasteiger partial charge >= 0.3 is 0 Å². The largest absolute Gasteiger partial charge is 0.387 e. The highest BCUT2D eigenvalue weighted by Crippen LogP contribution is 2.42. The number of hydrogen-bond donors (Lipinski definition) is 1. The Kier molecular flexibility index (Phi) is 3.33. The second-order valence-corrected chi connectivity index (χ2v) is 6.19. The van der Waals surface area contributed by atoms with Crippen LogP contribution < -0.4 is 0 Å². The van der Waals surface area contributed by atoms with Crippen molar-refractivity contribution >= 4 is 11.8 Å². The van der Waals surface area contributed by atoms with Gasteiger partial charge in [-0.05, 0) is 48.2 Å². The fourth-order valence-electron chi connectivity index (χ4n) is 2.56. The van der Waals surface area contributed by atoms with Gasteiger partial charge in [0.05, 0.1) is 6.10 Å². The second-order valence-electron chi connectivity index (χ2n) is 4.91. The van der Waals surface area contributed by atoms with E-state index in [1.54, 1.807) is 17.8 Å². The van der Waals surface area contributed by atoms with Crippen molar-refractivity contribution in [3.63, 3.8) is 0 Å². The number of aliphatic hydroxyl groups is 1. The number of thioether (sulfide) groups is 1. The Morgan fingerprint density at radius 1 is 1.26 bits per heavy atom. The quantitative estimate of drug-likeness (QED) is 0.896. The molecule has 0 aromatic heterocycles. The summed E-state index contributed by atoms with van der Waals surface area (Å²) in [5.74, 6) is -0.254. The van der Waals surface area contributed by atoms with Crippen LogP contribution in [0.25, 0.3) is 0 Å². The summed E-state index contributed by atoms with van der Waals surface area (Å²) in [5.41, 5.74) is 2.92. The summed E-state index contributed by atoms with van der Waals surface area (Å²) < 4.78 is 13.1. The maximum absolute atomic E-state index is 13.1. The fraction of sp³-hybridized carbons (Fsp3) is 0.250. The molecule has 0 fully saturated rings. The first-order valence-corrected chi connectivity index (χ1v) is 7.22. The van der Waals surface area contributed by atoms with Gasteiger partial charge in [0.1, 0.15) is 5.82 Å². The first-order valence-electron chi connectivity index (χ1n) is 6.34. The Morgan fingerprint density at radius 3 is 2.79 bits per heavy atom. The van der Waals surface area contributed by atoms with Crippen LogP contribution in [0.15, 0.2) is 47.4 Å². The van der Waals surface area contributed by atoms with E-state index in [1.807, 2.05) is 19.1 Å². The zero-order valence-corrected chi connectivity index (χ0v) is 11.5. The SMILES string of the molecule is Cc1cc(F)ccc1C(O)C1Cc2ccccc2S1. The van der Waals surface area contributed by atoms with Crippen molar-refractivity contribution in [1.29, 1.82) is 0 Å². The highest BCUT2D eigenvalue weighted by molar-refractivity contribution is 8.00. The summed E-state index contributed by atoms with van der Waals surface area (Å²) in [6.07, 6.45) is 0.303. The van der Waals surface area contributed by atoms with Crippen LogP contribution in [0.1, 0.15) is 22.8 Å². The predicted octanol–water partition coefficient (Wildman–Crippen LogP) is 3.88. The predicted molar refractivity (Wildman–Crippen MR) is 75.9 cm³/mol. The van der Waals surface area contributed by atoms with Crippen LogP contribution in [0.5, 0.6) is 0 Å². The minimum atomic E-state index is -0.557. The summed E-state index contributed by atoms with van der Waals surface area (Å²) in [7, 11) is 0. The van der Waals surface area contributed by atoms with Gasteiger partial charge in [-0.15, -0.1) is 11.8 Å². The third-order valence-corrected chi connectivity index (χ3v) is 4.95. The van der Waals surface area contributed by atoms with Crippen LogP contribution in [0, 0.1) is 12.7 Å². The molecule has 0 bridgehead atoms. The van der Waals surface area contributed by atoms with Gasteiger partial charge in [-0.25, -0.2) is 4.39 Å². The number of aryl methyl sites for hydroxylation is 1. The fourth-order valence-corrected chi connectivity index (χ4v) is 3.88. The van der Waals surface area contributed by atoms with E-state index in [4.69, 9.17) is 0 Å². The smallest absolute Gasteiger partial charge is 0.123 e. The number of rotatable bonds is 2. The van der Waals surface area contributed by atoms with Crippen molar-refractivity contribution in [2.24, 2.45) is 0 Å². The van der Waals surface area contributed by atoms with E-state index in [-0.39, 0.29) is 11.1 Å². The van der Waals surface area contributed by atoms with Crippen LogP contribution in [-0.4, -0.2) is 10.4 Å². The molecule has 1 heterocycles. The van der Waals surface area contributed by atoms with E-state index in [9.17, 15) is 9.50 Å². The molecule has 0 aliphatic carbocycles. The van der Waals surface area contributed by atoms with E-state index in [0.29, 0.717) is 0 Å². The van der Waals surface area contributed by atoms with Gasteiger partial charge in [0.2, 0.25) is 0 Å². The first kappa shape index (κ1) is 12.7. The van der Waals surface area contributed by atoms with Crippen LogP contribution in [0.2, 0.25) is 0 Å². The van der Waals surface area contributed by atoms with Gasteiger partial charge in [-0.1, -0.05) is 24.3 Å². The van der Waals surface area contributed by atoms with Crippen LogP contribution >= 0.6 is 11.8 Å². The molecule has 98 valence electrons. The van der Waals surface area contributed by atoms with Crippen molar-refractivity contribution in [3.8, 4) is 0 Å². The lowest BCUT2D eigenvalue weighted by molar-refractivity contribution is 0.174. The van der Waals surface area contributed by atoms with Crippen LogP contribution in [0.3, 0.4) is 0 Å². The molecule has 2 atom stereocenters. The molecule has 1 nitrogen and oxygen atoms in total. The molecule has 1 aliphatic rings. The average molecular weight is 274 g/mol. The molecule has 0 saturated heterocycles. The number of benzene rings is 2. The molecule has 3 rings (SSSR count). The Morgan fingerprint density at radius 2 is 2.05 bits per heavy atom. The van der Waals surface area contributed by atoms with Crippen molar-refractivity contribution in [3.05, 3.63) is 65.0 Å². The molecule has 3 heteroatoms. The zero-order valence-electron chi connectivity index (χ0n) is 10.6. The molecule has 2 aromatic rings. The molecule has 19 heavy (non-hydrogen) atoms. The van der Waals surface area contributed by atoms with Gasteiger partial charge in [0.25, 0.3) is 0 Å². The summed E-state index contributed by atoms with van der Waals surface area (Å²) in [4.78, 5) is 1.24. The molecule has 0 amide bonds. The Bertz CT molecular complexity index is 586. The topological polar surface area (TPSA) is 20.2 Å². The van der Waals surface area contributed by atoms with Gasteiger partial charge < -0.3 is 5.11 Å². The molecule has 1 aliphatic heterocycles. The van der Waals surface area contributed by atoms with Gasteiger partial charge in [0, 0.05) is 10.1 Å². The van der Waals surface area contributed by atoms with Crippen molar-refractivity contribution < 1.29 is 9.50 Å². The van der Waals surface area contributed by atoms with E-state index in [0.717, 1.165) is 17.5 Å². The lowest BCUT2D eigenvalue weighted by Crippen LogP contribution is -2.15. The molecular formula is C16H15FOS.